The first kappa shape index (κ1) is 13.8. The largest absolute Gasteiger partial charge is 0.494 e. The Morgan fingerprint density at radius 3 is 2.50 bits per heavy atom. The lowest BCUT2D eigenvalue weighted by molar-refractivity contribution is 0.0787. The van der Waals surface area contributed by atoms with Crippen LogP contribution in [0.4, 0.5) is 5.69 Å². The fourth-order valence-electron chi connectivity index (χ4n) is 1.67. The molecule has 0 saturated carbocycles. The van der Waals surface area contributed by atoms with Gasteiger partial charge in [-0.05, 0) is 12.1 Å². The minimum atomic E-state index is -0.154. The molecule has 1 rings (SSSR count). The summed E-state index contributed by atoms with van der Waals surface area (Å²) in [5.74, 6) is 0.250. The highest BCUT2D eigenvalue weighted by atomic mass is 16.5. The number of anilines is 1. The lowest BCUT2D eigenvalue weighted by atomic mass is 10.1. The van der Waals surface area contributed by atoms with Gasteiger partial charge >= 0.3 is 0 Å². The van der Waals surface area contributed by atoms with E-state index in [1.54, 1.807) is 35.3 Å². The minimum Gasteiger partial charge on any atom is -0.494 e. The molecule has 0 radical (unpaired) electrons. The summed E-state index contributed by atoms with van der Waals surface area (Å²) in [7, 11) is 1.49. The topological polar surface area (TPSA) is 55.6 Å². The highest BCUT2D eigenvalue weighted by molar-refractivity contribution is 5.98. The van der Waals surface area contributed by atoms with Crippen molar-refractivity contribution >= 4 is 11.6 Å². The Balaban J connectivity index is 3.11. The maximum absolute atomic E-state index is 12.4. The Labute approximate surface area is 107 Å². The number of nitrogens with two attached hydrogens (primary N) is 1. The average Bonchev–Trinajstić information content (AvgIpc) is 2.37. The fourth-order valence-corrected chi connectivity index (χ4v) is 1.67. The highest BCUT2D eigenvalue weighted by Gasteiger charge is 2.19. The molecule has 0 aromatic heterocycles. The first-order valence-electron chi connectivity index (χ1n) is 5.59. The number of rotatable bonds is 6. The second-order valence-corrected chi connectivity index (χ2v) is 3.72. The lowest BCUT2D eigenvalue weighted by Crippen LogP contribution is -2.31. The third-order valence-electron chi connectivity index (χ3n) is 2.47. The van der Waals surface area contributed by atoms with Gasteiger partial charge in [0.15, 0.2) is 5.75 Å². The molecular weight excluding hydrogens is 228 g/mol. The summed E-state index contributed by atoms with van der Waals surface area (Å²) in [6.45, 7) is 8.16. The Morgan fingerprint density at radius 1 is 1.39 bits per heavy atom. The zero-order valence-electron chi connectivity index (χ0n) is 10.6. The molecule has 0 aliphatic rings. The number of hydrogen-bond donors (Lipinski definition) is 1. The zero-order chi connectivity index (χ0) is 13.5. The van der Waals surface area contributed by atoms with Crippen molar-refractivity contribution in [2.45, 2.75) is 0 Å². The molecule has 4 heteroatoms. The number of para-hydroxylation sites is 1. The molecule has 0 fully saturated rings. The van der Waals surface area contributed by atoms with E-state index in [1.165, 1.54) is 7.11 Å². The van der Waals surface area contributed by atoms with Crippen LogP contribution in [0, 0.1) is 0 Å². The SMILES string of the molecule is C=CCN(CC=C)C(=O)c1cccc(N)c1OC. The first-order chi connectivity index (χ1) is 8.65. The summed E-state index contributed by atoms with van der Waals surface area (Å²) < 4.78 is 5.18. The smallest absolute Gasteiger partial charge is 0.258 e. The first-order valence-corrected chi connectivity index (χ1v) is 5.59. The van der Waals surface area contributed by atoms with Gasteiger partial charge in [0.2, 0.25) is 0 Å². The van der Waals surface area contributed by atoms with Crippen LogP contribution in [0.1, 0.15) is 10.4 Å². The normalized spacial score (nSPS) is 9.61. The Morgan fingerprint density at radius 2 is 2.00 bits per heavy atom. The fraction of sp³-hybridized carbons (Fsp3) is 0.214. The molecule has 0 aliphatic heterocycles. The molecule has 2 N–H and O–H groups in total. The summed E-state index contributed by atoms with van der Waals surface area (Å²) in [5.41, 5.74) is 6.67. The quantitative estimate of drug-likeness (QED) is 0.617. The van der Waals surface area contributed by atoms with Crippen molar-refractivity contribution in [3.05, 3.63) is 49.1 Å². The summed E-state index contributed by atoms with van der Waals surface area (Å²) in [6.07, 6.45) is 3.33. The van der Waals surface area contributed by atoms with Crippen molar-refractivity contribution < 1.29 is 9.53 Å². The Hall–Kier alpha value is -2.23. The third kappa shape index (κ3) is 2.91. The van der Waals surface area contributed by atoms with Crippen LogP contribution < -0.4 is 10.5 Å². The number of carbonyl (C=O) groups excluding carboxylic acids is 1. The molecule has 4 nitrogen and oxygen atoms in total. The number of ether oxygens (including phenoxy) is 1. The van der Waals surface area contributed by atoms with Crippen LogP contribution in [-0.2, 0) is 0 Å². The van der Waals surface area contributed by atoms with E-state index in [-0.39, 0.29) is 5.91 Å². The van der Waals surface area contributed by atoms with Gasteiger partial charge < -0.3 is 15.4 Å². The van der Waals surface area contributed by atoms with Gasteiger partial charge in [-0.2, -0.15) is 0 Å². The van der Waals surface area contributed by atoms with Crippen LogP contribution in [0.2, 0.25) is 0 Å². The van der Waals surface area contributed by atoms with E-state index in [1.807, 2.05) is 0 Å². The molecule has 0 unspecified atom stereocenters. The number of methoxy groups -OCH3 is 1. The molecule has 1 aromatic rings. The molecule has 96 valence electrons. The van der Waals surface area contributed by atoms with E-state index in [0.29, 0.717) is 30.1 Å². The molecule has 0 atom stereocenters. The molecule has 1 aromatic carbocycles. The van der Waals surface area contributed by atoms with Gasteiger partial charge in [0.1, 0.15) is 0 Å². The molecule has 1 amide bonds. The van der Waals surface area contributed by atoms with E-state index in [0.717, 1.165) is 0 Å². The van der Waals surface area contributed by atoms with Crippen molar-refractivity contribution in [3.8, 4) is 5.75 Å². The van der Waals surface area contributed by atoms with E-state index >= 15 is 0 Å². The molecule has 0 bridgehead atoms. The maximum atomic E-state index is 12.4. The molecule has 18 heavy (non-hydrogen) atoms. The second kappa shape index (κ2) is 6.49. The van der Waals surface area contributed by atoms with Gasteiger partial charge in [-0.3, -0.25) is 4.79 Å². The van der Waals surface area contributed by atoms with E-state index in [9.17, 15) is 4.79 Å². The summed E-state index contributed by atoms with van der Waals surface area (Å²) in [4.78, 5) is 14.0. The van der Waals surface area contributed by atoms with Crippen molar-refractivity contribution in [1.82, 2.24) is 4.90 Å². The molecule has 0 spiro atoms. The number of carbonyl (C=O) groups is 1. The van der Waals surface area contributed by atoms with Gasteiger partial charge in [-0.1, -0.05) is 18.2 Å². The summed E-state index contributed by atoms with van der Waals surface area (Å²) in [6, 6.07) is 5.11. The maximum Gasteiger partial charge on any atom is 0.258 e. The van der Waals surface area contributed by atoms with Gasteiger partial charge in [-0.25, -0.2) is 0 Å². The number of nitrogens with zero attached hydrogens (tertiary/aromatic N) is 1. The minimum absolute atomic E-state index is 0.154. The van der Waals surface area contributed by atoms with Gasteiger partial charge in [-0.15, -0.1) is 13.2 Å². The van der Waals surface area contributed by atoms with Crippen LogP contribution >= 0.6 is 0 Å². The number of benzene rings is 1. The van der Waals surface area contributed by atoms with Crippen LogP contribution in [0.3, 0.4) is 0 Å². The standard InChI is InChI=1S/C14H18N2O2/c1-4-9-16(10-5-2)14(17)11-7-6-8-12(15)13(11)18-3/h4-8H,1-2,9-10,15H2,3H3. The number of amides is 1. The summed E-state index contributed by atoms with van der Waals surface area (Å²) in [5, 5.41) is 0. The second-order valence-electron chi connectivity index (χ2n) is 3.72. The van der Waals surface area contributed by atoms with Crippen molar-refractivity contribution in [3.63, 3.8) is 0 Å². The predicted octanol–water partition coefficient (Wildman–Crippen LogP) is 2.09. The lowest BCUT2D eigenvalue weighted by Gasteiger charge is -2.21. The van der Waals surface area contributed by atoms with Crippen LogP contribution in [0.15, 0.2) is 43.5 Å². The number of nitrogen functional groups attached to an aromatic ring is 1. The van der Waals surface area contributed by atoms with Crippen molar-refractivity contribution in [2.24, 2.45) is 0 Å². The average molecular weight is 246 g/mol. The third-order valence-corrected chi connectivity index (χ3v) is 2.47. The van der Waals surface area contributed by atoms with E-state index < -0.39 is 0 Å². The molecule has 0 aliphatic carbocycles. The van der Waals surface area contributed by atoms with Crippen LogP contribution in [0.5, 0.6) is 5.75 Å². The predicted molar refractivity (Wildman–Crippen MR) is 73.7 cm³/mol. The van der Waals surface area contributed by atoms with Crippen LogP contribution in [0.25, 0.3) is 0 Å². The zero-order valence-corrected chi connectivity index (χ0v) is 10.6. The molecule has 0 saturated heterocycles. The van der Waals surface area contributed by atoms with Gasteiger partial charge in [0, 0.05) is 13.1 Å². The Bertz CT molecular complexity index is 445. The van der Waals surface area contributed by atoms with Crippen molar-refractivity contribution in [1.29, 1.82) is 0 Å². The van der Waals surface area contributed by atoms with Crippen molar-refractivity contribution in [2.75, 3.05) is 25.9 Å². The monoisotopic (exact) mass is 246 g/mol. The molecular formula is C14H18N2O2. The van der Waals surface area contributed by atoms with Crippen LogP contribution in [-0.4, -0.2) is 31.0 Å². The van der Waals surface area contributed by atoms with Gasteiger partial charge in [0.25, 0.3) is 5.91 Å². The Kier molecular flexibility index (Phi) is 4.99. The number of hydrogen-bond acceptors (Lipinski definition) is 3. The highest BCUT2D eigenvalue weighted by Crippen LogP contribution is 2.26. The summed E-state index contributed by atoms with van der Waals surface area (Å²) >= 11 is 0. The van der Waals surface area contributed by atoms with E-state index in [4.69, 9.17) is 10.5 Å². The van der Waals surface area contributed by atoms with E-state index in [2.05, 4.69) is 13.2 Å². The molecule has 0 heterocycles. The van der Waals surface area contributed by atoms with Gasteiger partial charge in [0.05, 0.1) is 18.4 Å².